The summed E-state index contributed by atoms with van der Waals surface area (Å²) in [6.45, 7) is 1.88. The van der Waals surface area contributed by atoms with Gasteiger partial charge in [-0.3, -0.25) is 4.79 Å². The Morgan fingerprint density at radius 3 is 2.82 bits per heavy atom. The number of hydrogen-bond acceptors (Lipinski definition) is 2. The topological polar surface area (TPSA) is 20.3 Å². The molecule has 0 radical (unpaired) electrons. The van der Waals surface area contributed by atoms with Crippen molar-refractivity contribution in [3.63, 3.8) is 0 Å². The van der Waals surface area contributed by atoms with Gasteiger partial charge in [-0.05, 0) is 17.9 Å². The zero-order valence-corrected chi connectivity index (χ0v) is 6.93. The number of amides is 1. The maximum atomic E-state index is 11.4. The summed E-state index contributed by atoms with van der Waals surface area (Å²) in [5.41, 5.74) is 0. The van der Waals surface area contributed by atoms with E-state index in [1.807, 2.05) is 22.4 Å². The van der Waals surface area contributed by atoms with Gasteiger partial charge in [0.2, 0.25) is 0 Å². The molecule has 3 heteroatoms. The van der Waals surface area contributed by atoms with Crippen molar-refractivity contribution in [3.8, 4) is 0 Å². The monoisotopic (exact) mass is 167 g/mol. The van der Waals surface area contributed by atoms with Crippen molar-refractivity contribution in [2.24, 2.45) is 0 Å². The van der Waals surface area contributed by atoms with Crippen LogP contribution >= 0.6 is 11.3 Å². The highest BCUT2D eigenvalue weighted by Crippen LogP contribution is 2.15. The molecule has 2 nitrogen and oxygen atoms in total. The summed E-state index contributed by atoms with van der Waals surface area (Å²) in [5.74, 6) is 0.200. The predicted molar refractivity (Wildman–Crippen MR) is 44.8 cm³/mol. The first-order valence-corrected chi connectivity index (χ1v) is 4.59. The molecule has 1 amide bonds. The lowest BCUT2D eigenvalue weighted by molar-refractivity contribution is 0.0657. The van der Waals surface area contributed by atoms with E-state index in [-0.39, 0.29) is 5.91 Å². The molecule has 1 aromatic rings. The highest BCUT2D eigenvalue weighted by atomic mass is 32.1. The molecule has 1 fully saturated rings. The first-order chi connectivity index (χ1) is 5.38. The Morgan fingerprint density at radius 1 is 1.55 bits per heavy atom. The number of thiophene rings is 1. The van der Waals surface area contributed by atoms with Gasteiger partial charge in [0, 0.05) is 13.1 Å². The molecule has 0 N–H and O–H groups in total. The van der Waals surface area contributed by atoms with Crippen molar-refractivity contribution in [1.82, 2.24) is 4.90 Å². The largest absolute Gasteiger partial charge is 0.338 e. The maximum absolute atomic E-state index is 11.4. The van der Waals surface area contributed by atoms with Crippen LogP contribution in [0.15, 0.2) is 17.5 Å². The summed E-state index contributed by atoms with van der Waals surface area (Å²) in [7, 11) is 0. The normalized spacial score (nSPS) is 16.2. The molecule has 58 valence electrons. The molecule has 1 aliphatic heterocycles. The van der Waals surface area contributed by atoms with Crippen molar-refractivity contribution in [3.05, 3.63) is 22.4 Å². The second kappa shape index (κ2) is 2.66. The number of hydrogen-bond donors (Lipinski definition) is 0. The third-order valence-corrected chi connectivity index (χ3v) is 2.73. The van der Waals surface area contributed by atoms with Gasteiger partial charge in [0.15, 0.2) is 0 Å². The van der Waals surface area contributed by atoms with Crippen molar-refractivity contribution in [2.75, 3.05) is 13.1 Å². The van der Waals surface area contributed by atoms with Crippen LogP contribution in [0.3, 0.4) is 0 Å². The van der Waals surface area contributed by atoms with Gasteiger partial charge < -0.3 is 4.90 Å². The second-order valence-corrected chi connectivity index (χ2v) is 3.57. The summed E-state index contributed by atoms with van der Waals surface area (Å²) in [4.78, 5) is 14.2. The minimum Gasteiger partial charge on any atom is -0.338 e. The molecule has 2 rings (SSSR count). The minimum atomic E-state index is 0.200. The van der Waals surface area contributed by atoms with E-state index in [9.17, 15) is 4.79 Å². The Bertz CT molecular complexity index is 251. The molecule has 0 atom stereocenters. The van der Waals surface area contributed by atoms with Crippen molar-refractivity contribution in [1.29, 1.82) is 0 Å². The maximum Gasteiger partial charge on any atom is 0.263 e. The van der Waals surface area contributed by atoms with E-state index in [0.29, 0.717) is 0 Å². The van der Waals surface area contributed by atoms with Crippen LogP contribution in [-0.4, -0.2) is 23.9 Å². The number of carbonyl (C=O) groups excluding carboxylic acids is 1. The summed E-state index contributed by atoms with van der Waals surface area (Å²) in [5, 5.41) is 1.94. The lowest BCUT2D eigenvalue weighted by atomic mass is 10.2. The second-order valence-electron chi connectivity index (χ2n) is 2.62. The molecule has 1 aromatic heterocycles. The molecule has 11 heavy (non-hydrogen) atoms. The molecule has 0 bridgehead atoms. The van der Waals surface area contributed by atoms with Crippen LogP contribution in [0.25, 0.3) is 0 Å². The van der Waals surface area contributed by atoms with E-state index in [1.165, 1.54) is 11.3 Å². The average molecular weight is 167 g/mol. The zero-order valence-electron chi connectivity index (χ0n) is 6.12. The van der Waals surface area contributed by atoms with E-state index in [4.69, 9.17) is 0 Å². The van der Waals surface area contributed by atoms with Gasteiger partial charge in [0.1, 0.15) is 0 Å². The van der Waals surface area contributed by atoms with Crippen LogP contribution in [0, 0.1) is 0 Å². The Balaban J connectivity index is 2.10. The van der Waals surface area contributed by atoms with Gasteiger partial charge in [-0.15, -0.1) is 11.3 Å². The summed E-state index contributed by atoms with van der Waals surface area (Å²) in [6, 6.07) is 3.79. The number of rotatable bonds is 1. The fourth-order valence-electron chi connectivity index (χ4n) is 1.08. The van der Waals surface area contributed by atoms with Gasteiger partial charge in [-0.25, -0.2) is 0 Å². The van der Waals surface area contributed by atoms with Crippen LogP contribution in [0.4, 0.5) is 0 Å². The predicted octanol–water partition coefficient (Wildman–Crippen LogP) is 1.59. The van der Waals surface area contributed by atoms with Crippen molar-refractivity contribution in [2.45, 2.75) is 6.42 Å². The highest BCUT2D eigenvalue weighted by molar-refractivity contribution is 7.12. The number of carbonyl (C=O) groups is 1. The fraction of sp³-hybridized carbons (Fsp3) is 0.375. The van der Waals surface area contributed by atoms with Crippen LogP contribution in [-0.2, 0) is 0 Å². The molecular weight excluding hydrogens is 158 g/mol. The molecule has 0 spiro atoms. The standard InChI is InChI=1S/C8H9NOS/c10-8(9-4-2-5-9)7-3-1-6-11-7/h1,3,6H,2,4-5H2. The molecule has 1 aliphatic rings. The van der Waals surface area contributed by atoms with Gasteiger partial charge in [-0.2, -0.15) is 0 Å². The van der Waals surface area contributed by atoms with Crippen LogP contribution in [0.5, 0.6) is 0 Å². The summed E-state index contributed by atoms with van der Waals surface area (Å²) >= 11 is 1.52. The Hall–Kier alpha value is -0.830. The lowest BCUT2D eigenvalue weighted by Crippen LogP contribution is -2.41. The Labute approximate surface area is 69.4 Å². The Kier molecular flexibility index (Phi) is 1.66. The van der Waals surface area contributed by atoms with E-state index >= 15 is 0 Å². The van der Waals surface area contributed by atoms with E-state index < -0.39 is 0 Å². The quantitative estimate of drug-likeness (QED) is 0.622. The summed E-state index contributed by atoms with van der Waals surface area (Å²) in [6.07, 6.45) is 1.16. The van der Waals surface area contributed by atoms with Crippen LogP contribution in [0.1, 0.15) is 16.1 Å². The number of nitrogens with zero attached hydrogens (tertiary/aromatic N) is 1. The highest BCUT2D eigenvalue weighted by Gasteiger charge is 2.21. The molecular formula is C8H9NOS. The summed E-state index contributed by atoms with van der Waals surface area (Å²) < 4.78 is 0. The minimum absolute atomic E-state index is 0.200. The van der Waals surface area contributed by atoms with Gasteiger partial charge in [0.25, 0.3) is 5.91 Å². The van der Waals surface area contributed by atoms with Gasteiger partial charge in [-0.1, -0.05) is 6.07 Å². The first-order valence-electron chi connectivity index (χ1n) is 3.71. The van der Waals surface area contributed by atoms with Gasteiger partial charge in [0.05, 0.1) is 4.88 Å². The van der Waals surface area contributed by atoms with E-state index in [0.717, 1.165) is 24.4 Å². The Morgan fingerprint density at radius 2 is 2.36 bits per heavy atom. The lowest BCUT2D eigenvalue weighted by Gasteiger charge is -2.30. The van der Waals surface area contributed by atoms with Crippen molar-refractivity contribution < 1.29 is 4.79 Å². The molecule has 0 aromatic carbocycles. The SMILES string of the molecule is O=C(c1cccs1)N1CCC1. The van der Waals surface area contributed by atoms with Crippen molar-refractivity contribution >= 4 is 17.2 Å². The molecule has 0 aliphatic carbocycles. The van der Waals surface area contributed by atoms with Crippen LogP contribution in [0.2, 0.25) is 0 Å². The third kappa shape index (κ3) is 1.16. The van der Waals surface area contributed by atoms with Gasteiger partial charge >= 0.3 is 0 Å². The third-order valence-electron chi connectivity index (χ3n) is 1.88. The zero-order chi connectivity index (χ0) is 7.68. The molecule has 1 saturated heterocycles. The molecule has 2 heterocycles. The first kappa shape index (κ1) is 6.85. The van der Waals surface area contributed by atoms with Crippen LogP contribution < -0.4 is 0 Å². The van der Waals surface area contributed by atoms with E-state index in [1.54, 1.807) is 0 Å². The van der Waals surface area contributed by atoms with E-state index in [2.05, 4.69) is 0 Å². The molecule has 0 unspecified atom stereocenters. The smallest absolute Gasteiger partial charge is 0.263 e. The molecule has 0 saturated carbocycles. The number of likely N-dealkylation sites (tertiary alicyclic amines) is 1. The average Bonchev–Trinajstić information content (AvgIpc) is 2.32. The fourth-order valence-corrected chi connectivity index (χ4v) is 1.77.